The van der Waals surface area contributed by atoms with Crippen molar-refractivity contribution in [2.45, 2.75) is 26.2 Å². The molecule has 2 rings (SSSR count). The summed E-state index contributed by atoms with van der Waals surface area (Å²) in [6, 6.07) is 8.02. The summed E-state index contributed by atoms with van der Waals surface area (Å²) in [5.41, 5.74) is 0.784. The quantitative estimate of drug-likeness (QED) is 0.739. The number of hydrogen-bond acceptors (Lipinski definition) is 2. The number of alkyl halides is 1. The van der Waals surface area contributed by atoms with Gasteiger partial charge in [0, 0.05) is 27.9 Å². The van der Waals surface area contributed by atoms with Crippen LogP contribution in [0.4, 0.5) is 0 Å². The molecule has 1 aromatic heterocycles. The topological polar surface area (TPSA) is 29.1 Å². The first-order valence-electron chi connectivity index (χ1n) is 7.06. The van der Waals surface area contributed by atoms with E-state index in [2.05, 4.69) is 12.2 Å². The van der Waals surface area contributed by atoms with Crippen molar-refractivity contribution in [3.63, 3.8) is 0 Å². The molecule has 1 heterocycles. The molecular formula is C16H20ClNOS. The Labute approximate surface area is 129 Å². The van der Waals surface area contributed by atoms with E-state index in [1.807, 2.05) is 29.6 Å². The highest BCUT2D eigenvalue weighted by molar-refractivity contribution is 7.17. The van der Waals surface area contributed by atoms with Gasteiger partial charge >= 0.3 is 0 Å². The number of carbonyl (C=O) groups is 1. The fourth-order valence-corrected chi connectivity index (χ4v) is 3.65. The molecule has 2 aromatic rings. The molecular weight excluding hydrogens is 290 g/mol. The minimum atomic E-state index is 0.0260. The molecule has 1 N–H and O–H groups in total. The van der Waals surface area contributed by atoms with Gasteiger partial charge in [0.15, 0.2) is 0 Å². The maximum atomic E-state index is 12.3. The molecule has 2 nitrogen and oxygen atoms in total. The summed E-state index contributed by atoms with van der Waals surface area (Å²) in [6.45, 7) is 2.87. The first kappa shape index (κ1) is 15.3. The fourth-order valence-electron chi connectivity index (χ4n) is 2.40. The van der Waals surface area contributed by atoms with E-state index in [0.29, 0.717) is 18.3 Å². The van der Waals surface area contributed by atoms with Crippen LogP contribution in [0.3, 0.4) is 0 Å². The lowest BCUT2D eigenvalue weighted by Gasteiger charge is -2.15. The molecule has 0 aliphatic carbocycles. The van der Waals surface area contributed by atoms with Gasteiger partial charge < -0.3 is 5.32 Å². The van der Waals surface area contributed by atoms with Crippen molar-refractivity contribution in [3.8, 4) is 0 Å². The smallest absolute Gasteiger partial charge is 0.252 e. The molecule has 0 spiro atoms. The van der Waals surface area contributed by atoms with Crippen molar-refractivity contribution in [3.05, 3.63) is 35.2 Å². The van der Waals surface area contributed by atoms with Crippen LogP contribution in [0.2, 0.25) is 0 Å². The summed E-state index contributed by atoms with van der Waals surface area (Å²) < 4.78 is 1.16. The van der Waals surface area contributed by atoms with Gasteiger partial charge in [0.05, 0.1) is 5.56 Å². The largest absolute Gasteiger partial charge is 0.352 e. The van der Waals surface area contributed by atoms with E-state index in [0.717, 1.165) is 34.9 Å². The average molecular weight is 310 g/mol. The summed E-state index contributed by atoms with van der Waals surface area (Å²) in [4.78, 5) is 12.3. The normalized spacial score (nSPS) is 12.5. The van der Waals surface area contributed by atoms with E-state index in [1.54, 1.807) is 11.3 Å². The number of amides is 1. The molecule has 0 aliphatic heterocycles. The van der Waals surface area contributed by atoms with Gasteiger partial charge in [-0.2, -0.15) is 0 Å². The van der Waals surface area contributed by atoms with Crippen LogP contribution in [0.5, 0.6) is 0 Å². The molecule has 1 amide bonds. The summed E-state index contributed by atoms with van der Waals surface area (Å²) in [7, 11) is 0. The van der Waals surface area contributed by atoms with Crippen LogP contribution in [0.25, 0.3) is 10.1 Å². The van der Waals surface area contributed by atoms with Crippen LogP contribution in [0.15, 0.2) is 29.6 Å². The van der Waals surface area contributed by atoms with Gasteiger partial charge in [-0.1, -0.05) is 31.5 Å². The van der Waals surface area contributed by atoms with Gasteiger partial charge in [0.1, 0.15) is 0 Å². The third-order valence-electron chi connectivity index (χ3n) is 3.49. The molecule has 0 fully saturated rings. The predicted octanol–water partition coefficient (Wildman–Crippen LogP) is 4.68. The van der Waals surface area contributed by atoms with Gasteiger partial charge in [-0.05, 0) is 24.8 Å². The standard InChI is InChI=1S/C16H20ClNOS/c1-2-5-12(8-9-17)10-18-16(19)14-11-20-15-7-4-3-6-13(14)15/h3-4,6-7,11-12H,2,5,8-10H2,1H3,(H,18,19). The van der Waals surface area contributed by atoms with Gasteiger partial charge in [0.2, 0.25) is 0 Å². The lowest BCUT2D eigenvalue weighted by atomic mass is 10.0. The summed E-state index contributed by atoms with van der Waals surface area (Å²) >= 11 is 7.43. The molecule has 1 unspecified atom stereocenters. The molecule has 108 valence electrons. The number of carbonyl (C=O) groups excluding carboxylic acids is 1. The van der Waals surface area contributed by atoms with Crippen LogP contribution in [0, 0.1) is 5.92 Å². The summed E-state index contributed by atoms with van der Waals surface area (Å²) in [6.07, 6.45) is 3.19. The Bertz CT molecular complexity index is 560. The molecule has 1 aromatic carbocycles. The Morgan fingerprint density at radius 3 is 2.90 bits per heavy atom. The molecule has 0 aliphatic rings. The van der Waals surface area contributed by atoms with E-state index in [1.165, 1.54) is 0 Å². The Kier molecular flexibility index (Phi) is 5.86. The average Bonchev–Trinajstić information content (AvgIpc) is 2.89. The Morgan fingerprint density at radius 1 is 1.35 bits per heavy atom. The highest BCUT2D eigenvalue weighted by Gasteiger charge is 2.14. The number of halogens is 1. The molecule has 1 atom stereocenters. The maximum Gasteiger partial charge on any atom is 0.252 e. The zero-order valence-corrected chi connectivity index (χ0v) is 13.3. The van der Waals surface area contributed by atoms with E-state index < -0.39 is 0 Å². The Balaban J connectivity index is 2.01. The number of rotatable bonds is 7. The van der Waals surface area contributed by atoms with Gasteiger partial charge in [-0.15, -0.1) is 22.9 Å². The van der Waals surface area contributed by atoms with Crippen LogP contribution >= 0.6 is 22.9 Å². The van der Waals surface area contributed by atoms with Crippen LogP contribution in [-0.2, 0) is 0 Å². The van der Waals surface area contributed by atoms with E-state index >= 15 is 0 Å². The van der Waals surface area contributed by atoms with Crippen LogP contribution < -0.4 is 5.32 Å². The molecule has 0 saturated carbocycles. The second-order valence-electron chi connectivity index (χ2n) is 4.99. The Hall–Kier alpha value is -1.06. The van der Waals surface area contributed by atoms with E-state index in [-0.39, 0.29) is 5.91 Å². The Morgan fingerprint density at radius 2 is 2.15 bits per heavy atom. The predicted molar refractivity (Wildman–Crippen MR) is 87.9 cm³/mol. The molecule has 0 saturated heterocycles. The summed E-state index contributed by atoms with van der Waals surface area (Å²) in [5, 5.41) is 6.04. The highest BCUT2D eigenvalue weighted by atomic mass is 35.5. The molecule has 0 bridgehead atoms. The highest BCUT2D eigenvalue weighted by Crippen LogP contribution is 2.25. The van der Waals surface area contributed by atoms with Crippen molar-refractivity contribution < 1.29 is 4.79 Å². The zero-order chi connectivity index (χ0) is 14.4. The lowest BCUT2D eigenvalue weighted by molar-refractivity contribution is 0.0948. The van der Waals surface area contributed by atoms with Crippen LogP contribution in [0.1, 0.15) is 36.5 Å². The number of hydrogen-bond donors (Lipinski definition) is 1. The van der Waals surface area contributed by atoms with Crippen molar-refractivity contribution in [2.24, 2.45) is 5.92 Å². The molecule has 20 heavy (non-hydrogen) atoms. The lowest BCUT2D eigenvalue weighted by Crippen LogP contribution is -2.29. The van der Waals surface area contributed by atoms with E-state index in [9.17, 15) is 4.79 Å². The van der Waals surface area contributed by atoms with Gasteiger partial charge in [-0.3, -0.25) is 4.79 Å². The summed E-state index contributed by atoms with van der Waals surface area (Å²) in [5.74, 6) is 1.16. The van der Waals surface area contributed by atoms with Gasteiger partial charge in [0.25, 0.3) is 5.91 Å². The second-order valence-corrected chi connectivity index (χ2v) is 6.28. The third-order valence-corrected chi connectivity index (χ3v) is 4.67. The van der Waals surface area contributed by atoms with E-state index in [4.69, 9.17) is 11.6 Å². The van der Waals surface area contributed by atoms with Crippen molar-refractivity contribution in [2.75, 3.05) is 12.4 Å². The third kappa shape index (κ3) is 3.74. The first-order valence-corrected chi connectivity index (χ1v) is 8.48. The monoisotopic (exact) mass is 309 g/mol. The maximum absolute atomic E-state index is 12.3. The first-order chi connectivity index (χ1) is 9.76. The minimum absolute atomic E-state index is 0.0260. The minimum Gasteiger partial charge on any atom is -0.352 e. The fraction of sp³-hybridized carbons (Fsp3) is 0.438. The van der Waals surface area contributed by atoms with Crippen LogP contribution in [-0.4, -0.2) is 18.3 Å². The van der Waals surface area contributed by atoms with Gasteiger partial charge in [-0.25, -0.2) is 0 Å². The van der Waals surface area contributed by atoms with Crippen molar-refractivity contribution >= 4 is 38.9 Å². The number of fused-ring (bicyclic) bond motifs is 1. The number of thiophene rings is 1. The second kappa shape index (κ2) is 7.65. The number of nitrogens with one attached hydrogen (secondary N) is 1. The van der Waals surface area contributed by atoms with Crippen molar-refractivity contribution in [1.29, 1.82) is 0 Å². The number of benzene rings is 1. The molecule has 4 heteroatoms. The van der Waals surface area contributed by atoms with Crippen molar-refractivity contribution in [1.82, 2.24) is 5.32 Å². The zero-order valence-electron chi connectivity index (χ0n) is 11.7. The molecule has 0 radical (unpaired) electrons. The SMILES string of the molecule is CCCC(CCCl)CNC(=O)c1csc2ccccc12.